The fraction of sp³-hybridized carbons (Fsp3) is 0.174. The van der Waals surface area contributed by atoms with Crippen LogP contribution in [0.3, 0.4) is 0 Å². The van der Waals surface area contributed by atoms with Gasteiger partial charge in [-0.1, -0.05) is 123 Å². The minimum atomic E-state index is 1.13. The first-order valence-corrected chi connectivity index (χ1v) is 18.5. The number of aryl methyl sites for hydroxylation is 2. The van der Waals surface area contributed by atoms with Gasteiger partial charge in [-0.05, 0) is 121 Å². The summed E-state index contributed by atoms with van der Waals surface area (Å²) in [4.78, 5) is 7.30. The van der Waals surface area contributed by atoms with E-state index in [0.29, 0.717) is 0 Å². The molecule has 0 amide bonds. The van der Waals surface area contributed by atoms with Crippen LogP contribution < -0.4 is 9.80 Å². The van der Waals surface area contributed by atoms with E-state index in [-0.39, 0.29) is 0 Å². The van der Waals surface area contributed by atoms with Crippen molar-refractivity contribution in [2.45, 2.75) is 62.2 Å². The molecule has 0 aliphatic carbocycles. The van der Waals surface area contributed by atoms with Crippen LogP contribution in [-0.4, -0.2) is 0 Å². The fourth-order valence-electron chi connectivity index (χ4n) is 6.48. The number of hydrogen-bond donors (Lipinski definition) is 0. The van der Waals surface area contributed by atoms with Gasteiger partial charge in [-0.25, -0.2) is 0 Å². The first-order chi connectivity index (χ1) is 24.2. The normalized spacial score (nSPS) is 12.2. The molecule has 0 fully saturated rings. The Bertz CT molecular complexity index is 1890. The zero-order valence-electron chi connectivity index (χ0n) is 28.6. The summed E-state index contributed by atoms with van der Waals surface area (Å²) in [5.74, 6) is 0. The predicted octanol–water partition coefficient (Wildman–Crippen LogP) is 13.9. The van der Waals surface area contributed by atoms with E-state index in [9.17, 15) is 0 Å². The quantitative estimate of drug-likeness (QED) is 0.121. The van der Waals surface area contributed by atoms with Gasteiger partial charge in [-0.15, -0.1) is 0 Å². The zero-order chi connectivity index (χ0) is 33.4. The molecule has 244 valence electrons. The number of anilines is 6. The smallest absolute Gasteiger partial charge is 0.0601 e. The molecule has 6 aromatic rings. The van der Waals surface area contributed by atoms with Gasteiger partial charge in [-0.2, -0.15) is 0 Å². The van der Waals surface area contributed by atoms with Crippen molar-refractivity contribution >= 4 is 58.0 Å². The van der Waals surface area contributed by atoms with Crippen molar-refractivity contribution in [1.29, 1.82) is 0 Å². The molecule has 0 atom stereocenters. The molecule has 7 rings (SSSR count). The first-order valence-electron chi connectivity index (χ1n) is 17.7. The predicted molar refractivity (Wildman–Crippen MR) is 213 cm³/mol. The third-order valence-electron chi connectivity index (χ3n) is 9.23. The molecule has 49 heavy (non-hydrogen) atoms. The molecule has 6 aromatic carbocycles. The van der Waals surface area contributed by atoms with E-state index >= 15 is 0 Å². The van der Waals surface area contributed by atoms with Crippen molar-refractivity contribution in [2.24, 2.45) is 0 Å². The van der Waals surface area contributed by atoms with Gasteiger partial charge < -0.3 is 9.80 Å². The van der Waals surface area contributed by atoms with Crippen molar-refractivity contribution in [2.75, 3.05) is 9.80 Å². The number of para-hydroxylation sites is 2. The lowest BCUT2D eigenvalue weighted by Gasteiger charge is -2.32. The summed E-state index contributed by atoms with van der Waals surface area (Å²) in [7, 11) is 0. The monoisotopic (exact) mass is 656 g/mol. The second-order valence-corrected chi connectivity index (χ2v) is 13.8. The summed E-state index contributed by atoms with van der Waals surface area (Å²) in [5, 5.41) is 0. The number of rotatable bonds is 12. The van der Waals surface area contributed by atoms with Crippen molar-refractivity contribution in [3.05, 3.63) is 168 Å². The van der Waals surface area contributed by atoms with Crippen LogP contribution in [0.2, 0.25) is 0 Å². The van der Waals surface area contributed by atoms with E-state index in [0.717, 1.165) is 18.5 Å². The van der Waals surface area contributed by atoms with E-state index in [2.05, 4.69) is 181 Å². The van der Waals surface area contributed by atoms with Crippen LogP contribution in [0.1, 0.15) is 61.8 Å². The van der Waals surface area contributed by atoms with E-state index in [1.54, 1.807) is 0 Å². The van der Waals surface area contributed by atoms with Crippen molar-refractivity contribution in [3.8, 4) is 0 Å². The Morgan fingerprint density at radius 2 is 0.898 bits per heavy atom. The minimum Gasteiger partial charge on any atom is -0.311 e. The molecule has 0 saturated carbocycles. The highest BCUT2D eigenvalue weighted by Crippen LogP contribution is 2.51. The van der Waals surface area contributed by atoms with Crippen LogP contribution in [-0.2, 0) is 12.8 Å². The molecule has 2 nitrogen and oxygen atoms in total. The number of nitrogens with zero attached hydrogens (tertiary/aromatic N) is 2. The van der Waals surface area contributed by atoms with Gasteiger partial charge in [0.15, 0.2) is 0 Å². The van der Waals surface area contributed by atoms with Gasteiger partial charge in [0, 0.05) is 32.5 Å². The third kappa shape index (κ3) is 7.53. The molecule has 0 N–H and O–H groups in total. The molecular formula is C46H44N2S. The van der Waals surface area contributed by atoms with Gasteiger partial charge >= 0.3 is 0 Å². The van der Waals surface area contributed by atoms with Crippen molar-refractivity contribution in [3.63, 3.8) is 0 Å². The molecule has 0 aromatic heterocycles. The average Bonchev–Trinajstić information content (AvgIpc) is 3.16. The summed E-state index contributed by atoms with van der Waals surface area (Å²) in [5.41, 5.74) is 12.3. The Hall–Kier alpha value is -4.99. The number of benzene rings is 6. The first kappa shape index (κ1) is 32.6. The second kappa shape index (κ2) is 15.5. The van der Waals surface area contributed by atoms with Crippen LogP contribution in [0.25, 0.3) is 12.2 Å². The largest absolute Gasteiger partial charge is 0.311 e. The lowest BCUT2D eigenvalue weighted by molar-refractivity contribution is 0.795. The van der Waals surface area contributed by atoms with Gasteiger partial charge in [0.1, 0.15) is 0 Å². The molecular weight excluding hydrogens is 613 g/mol. The van der Waals surface area contributed by atoms with E-state index in [1.165, 1.54) is 86.2 Å². The maximum Gasteiger partial charge on any atom is 0.0601 e. The van der Waals surface area contributed by atoms with E-state index in [4.69, 9.17) is 0 Å². The molecule has 0 spiro atoms. The van der Waals surface area contributed by atoms with Crippen molar-refractivity contribution in [1.82, 2.24) is 0 Å². The summed E-state index contributed by atoms with van der Waals surface area (Å²) in [6.45, 7) is 4.51. The SMILES string of the molecule is CCCCc1ccc(N(c2ccc(C=Cc3ccc(N4c5ccccc5Sc5ccccc54)cc3)cc2)c2ccc(CCCC)cc2)cc1. The van der Waals surface area contributed by atoms with Gasteiger partial charge in [-0.3, -0.25) is 0 Å². The molecule has 1 aliphatic rings. The van der Waals surface area contributed by atoms with Gasteiger partial charge in [0.25, 0.3) is 0 Å². The lowest BCUT2D eigenvalue weighted by Crippen LogP contribution is -2.14. The second-order valence-electron chi connectivity index (χ2n) is 12.8. The van der Waals surface area contributed by atoms with Crippen LogP contribution in [0.5, 0.6) is 0 Å². The molecule has 1 heterocycles. The fourth-order valence-corrected chi connectivity index (χ4v) is 7.53. The molecule has 0 radical (unpaired) electrons. The highest BCUT2D eigenvalue weighted by Gasteiger charge is 2.24. The maximum absolute atomic E-state index is 2.37. The molecule has 1 aliphatic heterocycles. The van der Waals surface area contributed by atoms with Crippen LogP contribution in [0.15, 0.2) is 155 Å². The Morgan fingerprint density at radius 3 is 1.35 bits per heavy atom. The Labute approximate surface area is 296 Å². The Balaban J connectivity index is 1.11. The van der Waals surface area contributed by atoms with Crippen LogP contribution in [0.4, 0.5) is 34.1 Å². The lowest BCUT2D eigenvalue weighted by atomic mass is 10.1. The maximum atomic E-state index is 2.37. The number of hydrogen-bond acceptors (Lipinski definition) is 3. The summed E-state index contributed by atoms with van der Waals surface area (Å²) in [6.07, 6.45) is 11.5. The van der Waals surface area contributed by atoms with Gasteiger partial charge in [0.2, 0.25) is 0 Å². The summed E-state index contributed by atoms with van der Waals surface area (Å²) in [6, 6.07) is 53.4. The topological polar surface area (TPSA) is 6.48 Å². The standard InChI is InChI=1S/C46H44N2S/c1-3-5-11-35-19-27-39(28-20-35)47(40-29-21-36(22-30-40)12-6-4-2)41-31-23-37(24-32-41)17-18-38-25-33-42(34-26-38)48-43-13-7-9-15-45(43)49-46-16-10-8-14-44(46)48/h7-10,13-34H,3-6,11-12H2,1-2H3. The van der Waals surface area contributed by atoms with Crippen molar-refractivity contribution < 1.29 is 0 Å². The van der Waals surface area contributed by atoms with Crippen LogP contribution in [0, 0.1) is 0 Å². The zero-order valence-corrected chi connectivity index (χ0v) is 29.4. The Morgan fingerprint density at radius 1 is 0.490 bits per heavy atom. The summed E-state index contributed by atoms with van der Waals surface area (Å²) >= 11 is 1.84. The molecule has 3 heteroatoms. The highest BCUT2D eigenvalue weighted by atomic mass is 32.2. The Kier molecular flexibility index (Phi) is 10.3. The van der Waals surface area contributed by atoms with Crippen LogP contribution >= 0.6 is 11.8 Å². The van der Waals surface area contributed by atoms with E-state index in [1.807, 2.05) is 11.8 Å². The molecule has 0 unspecified atom stereocenters. The minimum absolute atomic E-state index is 1.13. The molecule has 0 bridgehead atoms. The van der Waals surface area contributed by atoms with E-state index < -0.39 is 0 Å². The summed E-state index contributed by atoms with van der Waals surface area (Å²) < 4.78 is 0. The highest BCUT2D eigenvalue weighted by molar-refractivity contribution is 7.99. The number of fused-ring (bicyclic) bond motifs is 2. The third-order valence-corrected chi connectivity index (χ3v) is 10.4. The number of unbranched alkanes of at least 4 members (excludes halogenated alkanes) is 2. The molecule has 0 saturated heterocycles. The van der Waals surface area contributed by atoms with Gasteiger partial charge in [0.05, 0.1) is 11.4 Å². The average molecular weight is 657 g/mol.